The molecule has 1 aliphatic heterocycles. The van der Waals surface area contributed by atoms with Gasteiger partial charge >= 0.3 is 60.6 Å². The van der Waals surface area contributed by atoms with Gasteiger partial charge in [0, 0.05) is 25.8 Å². The molecule has 3 saturated carbocycles. The molecule has 2 N–H and O–H groups in total. The first kappa shape index (κ1) is 90.2. The molecule has 11 rings (SSSR count). The van der Waals surface area contributed by atoms with Crippen molar-refractivity contribution in [2.45, 2.75) is 204 Å². The molecule has 0 radical (unpaired) electrons. The van der Waals surface area contributed by atoms with Crippen molar-refractivity contribution < 1.29 is 91.8 Å². The summed E-state index contributed by atoms with van der Waals surface area (Å²) in [6.07, 6.45) is 31.7. The average Bonchev–Trinajstić information content (AvgIpc) is 1.59. The Labute approximate surface area is 657 Å². The maximum absolute atomic E-state index is 11.8. The molecule has 0 spiro atoms. The summed E-state index contributed by atoms with van der Waals surface area (Å²) in [6.45, 7) is 8.43. The molecule has 1 saturated heterocycles. The minimum Gasteiger partial charge on any atom is -0.870 e. The van der Waals surface area contributed by atoms with Gasteiger partial charge in [-0.15, -0.1) is 0 Å². The molecule has 0 amide bonds. The number of hydrogen-bond donors (Lipinski definition) is 1. The van der Waals surface area contributed by atoms with E-state index in [1.165, 1.54) is 122 Å². The smallest absolute Gasteiger partial charge is 0.870 e. The van der Waals surface area contributed by atoms with E-state index in [2.05, 4.69) is 81.9 Å². The second kappa shape index (κ2) is 46.1. The van der Waals surface area contributed by atoms with Gasteiger partial charge in [0.15, 0.2) is 0 Å². The van der Waals surface area contributed by atoms with Crippen LogP contribution in [0.15, 0.2) is 113 Å². The van der Waals surface area contributed by atoms with Gasteiger partial charge in [-0.2, -0.15) is 0 Å². The number of methoxy groups -OCH3 is 3. The van der Waals surface area contributed by atoms with Gasteiger partial charge in [0.2, 0.25) is 9.23 Å². The molecule has 536 valence electrons. The number of carbonyl (C=O) groups excluding carboxylic acids is 4. The molecule has 5 aliphatic carbocycles. The Kier molecular flexibility index (Phi) is 42.0. The van der Waals surface area contributed by atoms with Gasteiger partial charge in [-0.3, -0.25) is 4.79 Å². The molecule has 1 heterocycles. The molecule has 5 aromatic rings. The number of esters is 3. The van der Waals surface area contributed by atoms with Gasteiger partial charge in [0.25, 0.3) is 5.24 Å². The number of carboxylic acids is 1. The van der Waals surface area contributed by atoms with Crippen molar-refractivity contribution >= 4 is 158 Å². The summed E-state index contributed by atoms with van der Waals surface area (Å²) in [5.74, 6) is -0.757. The number of carboxylic acid groups (broad SMARTS) is 1. The normalized spacial score (nSPS) is 17.0. The minimum absolute atomic E-state index is 0. The summed E-state index contributed by atoms with van der Waals surface area (Å²) in [5, 5.41) is 10.9. The Morgan fingerprint density at radius 1 is 0.495 bits per heavy atom. The fourth-order valence-electron chi connectivity index (χ4n) is 12.7. The quantitative estimate of drug-likeness (QED) is 0.0600. The Balaban J connectivity index is 0.000000305. The van der Waals surface area contributed by atoms with Crippen molar-refractivity contribution in [2.24, 2.45) is 0 Å². The van der Waals surface area contributed by atoms with E-state index in [-0.39, 0.29) is 65.3 Å². The van der Waals surface area contributed by atoms with Crippen LogP contribution in [0.25, 0.3) is 5.57 Å². The van der Waals surface area contributed by atoms with E-state index in [0.717, 1.165) is 80.0 Å². The maximum atomic E-state index is 11.8. The van der Waals surface area contributed by atoms with Crippen molar-refractivity contribution in [1.29, 1.82) is 0 Å². The van der Waals surface area contributed by atoms with Crippen LogP contribution in [0.5, 0.6) is 0 Å². The number of allylic oxidation sites excluding steroid dienone is 4. The zero-order valence-corrected chi connectivity index (χ0v) is 68.0. The number of rotatable bonds is 10. The predicted molar refractivity (Wildman–Crippen MR) is 404 cm³/mol. The second-order valence-electron chi connectivity index (χ2n) is 25.2. The summed E-state index contributed by atoms with van der Waals surface area (Å²) in [5.41, 5.74) is 8.31. The topological polar surface area (TPSA) is 199 Å². The SMILES string of the molecule is CC1(C)OB(C2=CCCCC2)OC1(C)C.COC(=O)c1c(Cl)cccc1Br.COC(=O)c1c(Cl)cccc1C1=CCCCC1.COC(=O)c1c(Cl)cccc1C1CCCCC1.O=C(Cl)c1c(Cl)cccc1C1CCCCC1.O=C(O)c1c(Cl)cccc1C1CCCCC1.O=S(Cl)Cl.[Na+].[OH-]. The number of ether oxygens (including phenoxy) is 3. The van der Waals surface area contributed by atoms with E-state index in [4.69, 9.17) is 92.6 Å². The molecule has 0 aromatic heterocycles. The molecule has 25 heteroatoms. The standard InChI is InChI=1S/C14H17ClO2.C14H15ClO2.C13H14Cl2O.C13H15ClO2.C12H21BO2.C8H6BrClO2.Cl2OS.Na.H2O/c2*1-17-14(16)13-11(8-5-9-12(13)15)10-6-3-2-4-7-10;2*14-11-8-4-7-10(12(11)13(15)16)9-5-2-1-3-6-9;1-11(2)12(3,4)15-13(14-11)10-8-6-5-7-9-10;1-12-8(11)7-5(9)3-2-4-6(7)10;1-4(2)3;;/h5,8-10H,2-4,6-7H2,1H3;5-6,8-9H,2-4,7H2,1H3;4,7-9H,1-3,5-6H2;4,7-9H,1-3,5-6H2,(H,15,16);8H,5-7,9H2,1-4H3;2-4H,1H3;;;1H2/q;;;;;;;+1;/p-1. The van der Waals surface area contributed by atoms with Crippen LogP contribution in [-0.2, 0) is 32.7 Å². The van der Waals surface area contributed by atoms with Gasteiger partial charge in [-0.05, 0) is 233 Å². The first-order valence-corrected chi connectivity index (χ1v) is 38.8. The van der Waals surface area contributed by atoms with Gasteiger partial charge in [0.1, 0.15) is 0 Å². The van der Waals surface area contributed by atoms with Crippen LogP contribution >= 0.6 is 107 Å². The summed E-state index contributed by atoms with van der Waals surface area (Å²) in [6, 6.07) is 27.3. The Morgan fingerprint density at radius 2 is 0.838 bits per heavy atom. The van der Waals surface area contributed by atoms with Crippen molar-refractivity contribution in [1.82, 2.24) is 0 Å². The number of carbonyl (C=O) groups is 5. The van der Waals surface area contributed by atoms with Crippen molar-refractivity contribution in [2.75, 3.05) is 21.3 Å². The third-order valence-electron chi connectivity index (χ3n) is 18.3. The van der Waals surface area contributed by atoms with Crippen molar-refractivity contribution in [3.8, 4) is 0 Å². The Hall–Kier alpha value is -2.98. The Morgan fingerprint density at radius 3 is 1.22 bits per heavy atom. The zero-order valence-electron chi connectivity index (χ0n) is 57.6. The Bertz CT molecular complexity index is 3420. The summed E-state index contributed by atoms with van der Waals surface area (Å²) in [4.78, 5) is 57.3. The van der Waals surface area contributed by atoms with Crippen LogP contribution in [0.4, 0.5) is 0 Å². The fraction of sp³-hybridized carbons (Fsp3) is 0.473. The van der Waals surface area contributed by atoms with Crippen molar-refractivity contribution in [3.63, 3.8) is 0 Å². The van der Waals surface area contributed by atoms with E-state index in [1.54, 1.807) is 42.5 Å². The van der Waals surface area contributed by atoms with Crippen LogP contribution < -0.4 is 29.6 Å². The number of benzene rings is 5. The molecule has 4 fully saturated rings. The molecule has 13 nitrogen and oxygen atoms in total. The third-order valence-corrected chi connectivity index (χ3v) is 20.8. The van der Waals surface area contributed by atoms with E-state index < -0.39 is 26.4 Å². The van der Waals surface area contributed by atoms with Gasteiger partial charge in [-0.25, -0.2) is 23.4 Å². The molecular weight excluding hydrogens is 1530 g/mol. The van der Waals surface area contributed by atoms with Crippen LogP contribution in [0, 0.1) is 0 Å². The average molecular weight is 1620 g/mol. The number of aromatic carboxylic acids is 1. The molecule has 5 aromatic carbocycles. The van der Waals surface area contributed by atoms with Gasteiger partial charge < -0.3 is 34.1 Å². The van der Waals surface area contributed by atoms with Crippen LogP contribution in [-0.4, -0.2) is 83.6 Å². The van der Waals surface area contributed by atoms with Crippen LogP contribution in [0.2, 0.25) is 25.1 Å². The van der Waals surface area contributed by atoms with Crippen LogP contribution in [0.3, 0.4) is 0 Å². The van der Waals surface area contributed by atoms with Crippen LogP contribution in [0.1, 0.15) is 267 Å². The second-order valence-corrected chi connectivity index (χ2v) is 31.0. The molecular formula is C74H89BBrCl8NaO13S. The predicted octanol–water partition coefficient (Wildman–Crippen LogP) is 21.0. The largest absolute Gasteiger partial charge is 1.00 e. The zero-order chi connectivity index (χ0) is 71.4. The number of halogens is 9. The summed E-state index contributed by atoms with van der Waals surface area (Å²) >= 11 is 38.8. The van der Waals surface area contributed by atoms with Crippen molar-refractivity contribution in [3.05, 3.63) is 188 Å². The fourth-order valence-corrected chi connectivity index (χ4v) is 14.9. The maximum Gasteiger partial charge on any atom is 1.00 e. The monoisotopic (exact) mass is 1610 g/mol. The molecule has 0 atom stereocenters. The summed E-state index contributed by atoms with van der Waals surface area (Å²) in [7, 11) is 11.4. The minimum atomic E-state index is -1.67. The van der Waals surface area contributed by atoms with E-state index >= 15 is 0 Å². The van der Waals surface area contributed by atoms with Gasteiger partial charge in [0.05, 0.1) is 85.5 Å². The van der Waals surface area contributed by atoms with E-state index in [0.29, 0.717) is 75.2 Å². The van der Waals surface area contributed by atoms with Gasteiger partial charge in [-0.1, -0.05) is 183 Å². The third kappa shape index (κ3) is 27.8. The molecule has 0 bridgehead atoms. The summed E-state index contributed by atoms with van der Waals surface area (Å²) < 4.78 is 35.9. The number of hydrogen-bond acceptors (Lipinski definition) is 12. The molecule has 6 aliphatic rings. The van der Waals surface area contributed by atoms with E-state index in [9.17, 15) is 29.1 Å². The molecule has 0 unspecified atom stereocenters. The molecule has 99 heavy (non-hydrogen) atoms. The van der Waals surface area contributed by atoms with E-state index in [1.807, 2.05) is 48.5 Å². The first-order chi connectivity index (χ1) is 46.2. The first-order valence-electron chi connectivity index (χ1n) is 32.9.